The molecule has 47 heavy (non-hydrogen) atoms. The third-order valence-electron chi connectivity index (χ3n) is 9.48. The summed E-state index contributed by atoms with van der Waals surface area (Å²) in [5.74, 6) is -0.294. The van der Waals surface area contributed by atoms with Gasteiger partial charge >= 0.3 is 11.9 Å². The van der Waals surface area contributed by atoms with Crippen molar-refractivity contribution in [3.8, 4) is 11.1 Å². The van der Waals surface area contributed by atoms with Crippen LogP contribution >= 0.6 is 11.8 Å². The molecule has 2 aromatic carbocycles. The van der Waals surface area contributed by atoms with Gasteiger partial charge in [-0.3, -0.25) is 18.9 Å². The Balaban J connectivity index is 1.47. The van der Waals surface area contributed by atoms with Gasteiger partial charge in [0.05, 0.1) is 34.2 Å². The van der Waals surface area contributed by atoms with Crippen molar-refractivity contribution in [2.45, 2.75) is 17.1 Å². The molecule has 5 heterocycles. The van der Waals surface area contributed by atoms with Crippen LogP contribution in [0.1, 0.15) is 11.6 Å². The van der Waals surface area contributed by atoms with Gasteiger partial charge < -0.3 is 14.7 Å². The van der Waals surface area contributed by atoms with Crippen LogP contribution in [0.15, 0.2) is 46.7 Å². The molecule has 0 saturated carbocycles. The summed E-state index contributed by atoms with van der Waals surface area (Å²) in [5.41, 5.74) is -0.723. The highest BCUT2D eigenvalue weighted by molar-refractivity contribution is 7.99. The smallest absolute Gasteiger partial charge is 0.352 e. The largest absolute Gasteiger partial charge is 0.417 e. The number of aryl methyl sites for hydroxylation is 1. The number of anilines is 1. The number of aromatic nitrogens is 4. The molecule has 3 aliphatic heterocycles. The minimum Gasteiger partial charge on any atom is -0.352 e. The number of rotatable bonds is 5. The van der Waals surface area contributed by atoms with Crippen LogP contribution in [0.25, 0.3) is 32.9 Å². The van der Waals surface area contributed by atoms with Gasteiger partial charge in [0.1, 0.15) is 11.6 Å². The van der Waals surface area contributed by atoms with Gasteiger partial charge in [-0.15, -0.1) is 11.8 Å². The van der Waals surface area contributed by atoms with Crippen LogP contribution in [0.4, 0.5) is 23.4 Å². The van der Waals surface area contributed by atoms with Gasteiger partial charge in [0.2, 0.25) is 5.91 Å². The van der Waals surface area contributed by atoms with E-state index in [1.807, 2.05) is 0 Å². The number of carbonyl (C=O) groups excluding carboxylic acids is 1. The topological polar surface area (TPSA) is 82.7 Å². The first-order chi connectivity index (χ1) is 22.5. The molecule has 10 nitrogen and oxygen atoms in total. The van der Waals surface area contributed by atoms with Crippen LogP contribution in [0.5, 0.6) is 0 Å². The second-order valence-electron chi connectivity index (χ2n) is 12.3. The van der Waals surface area contributed by atoms with E-state index in [9.17, 15) is 14.0 Å². The molecular formula is C32H34F4N8O2S. The number of piperazine rings is 2. The lowest BCUT2D eigenvalue weighted by Gasteiger charge is -2.38. The van der Waals surface area contributed by atoms with Gasteiger partial charge in [-0.25, -0.2) is 9.18 Å². The Labute approximate surface area is 272 Å². The van der Waals surface area contributed by atoms with Crippen LogP contribution in [-0.2, 0) is 18.0 Å². The van der Waals surface area contributed by atoms with Crippen LogP contribution < -0.4 is 10.6 Å². The maximum Gasteiger partial charge on any atom is 0.417 e. The molecular weight excluding hydrogens is 636 g/mol. The summed E-state index contributed by atoms with van der Waals surface area (Å²) < 4.78 is 63.4. The van der Waals surface area contributed by atoms with Crippen molar-refractivity contribution in [3.63, 3.8) is 0 Å². The zero-order valence-electron chi connectivity index (χ0n) is 26.1. The van der Waals surface area contributed by atoms with E-state index in [1.165, 1.54) is 34.8 Å². The summed E-state index contributed by atoms with van der Waals surface area (Å²) >= 11 is 1.29. The summed E-state index contributed by atoms with van der Waals surface area (Å²) in [6, 6.07) is 3.29. The van der Waals surface area contributed by atoms with Crippen molar-refractivity contribution in [1.29, 1.82) is 0 Å². The van der Waals surface area contributed by atoms with Crippen molar-refractivity contribution in [3.05, 3.63) is 58.9 Å². The Kier molecular flexibility index (Phi) is 8.03. The molecule has 0 radical (unpaired) electrons. The predicted molar refractivity (Wildman–Crippen MR) is 173 cm³/mol. The monoisotopic (exact) mass is 670 g/mol. The molecule has 0 spiro atoms. The van der Waals surface area contributed by atoms with E-state index < -0.39 is 23.2 Å². The molecule has 3 aliphatic rings. The quantitative estimate of drug-likeness (QED) is 0.234. The van der Waals surface area contributed by atoms with Crippen LogP contribution in [0.2, 0.25) is 0 Å². The van der Waals surface area contributed by atoms with Crippen molar-refractivity contribution in [2.75, 3.05) is 76.6 Å². The predicted octanol–water partition coefficient (Wildman–Crippen LogP) is 3.84. The van der Waals surface area contributed by atoms with E-state index in [4.69, 9.17) is 0 Å². The normalized spacial score (nSPS) is 19.6. The first-order valence-corrected chi connectivity index (χ1v) is 16.5. The molecule has 0 N–H and O–H groups in total. The Morgan fingerprint density at radius 3 is 2.45 bits per heavy atom. The number of hydrogen-bond donors (Lipinski definition) is 0. The second kappa shape index (κ2) is 11.9. The summed E-state index contributed by atoms with van der Waals surface area (Å²) in [6.45, 7) is 8.67. The van der Waals surface area contributed by atoms with Gasteiger partial charge in [0, 0.05) is 93.1 Å². The van der Waals surface area contributed by atoms with E-state index in [0.29, 0.717) is 35.8 Å². The molecule has 4 aromatic rings. The molecule has 0 aliphatic carbocycles. The summed E-state index contributed by atoms with van der Waals surface area (Å²) in [5, 5.41) is 4.48. The minimum absolute atomic E-state index is 0.103. The van der Waals surface area contributed by atoms with E-state index in [2.05, 4.69) is 33.5 Å². The average molecular weight is 671 g/mol. The summed E-state index contributed by atoms with van der Waals surface area (Å²) in [7, 11) is 3.63. The third-order valence-corrected chi connectivity index (χ3v) is 10.7. The number of likely N-dealkylation sites (N-methyl/N-ethyl adjacent to an activating group) is 1. The Hall–Kier alpha value is -3.95. The molecule has 7 rings (SSSR count). The lowest BCUT2D eigenvalue weighted by Crippen LogP contribution is -2.50. The fourth-order valence-electron chi connectivity index (χ4n) is 7.01. The lowest BCUT2D eigenvalue weighted by molar-refractivity contribution is -0.137. The molecule has 0 bridgehead atoms. The van der Waals surface area contributed by atoms with Crippen LogP contribution in [-0.4, -0.2) is 112 Å². The van der Waals surface area contributed by atoms with Crippen LogP contribution in [0, 0.1) is 5.82 Å². The number of thioether (sulfide) groups is 1. The third kappa shape index (κ3) is 5.47. The number of carbonyl (C=O) groups is 1. The molecule has 2 fully saturated rings. The van der Waals surface area contributed by atoms with E-state index in [0.717, 1.165) is 38.3 Å². The van der Waals surface area contributed by atoms with Gasteiger partial charge in [-0.2, -0.15) is 23.3 Å². The molecule has 2 saturated heterocycles. The number of nitrogens with zero attached hydrogens (tertiary/aromatic N) is 8. The highest BCUT2D eigenvalue weighted by Gasteiger charge is 2.40. The highest BCUT2D eigenvalue weighted by atomic mass is 32.2. The standard InChI is InChI=1S/C32H34F4N8O2S/c1-4-25(45)42-11-13-43(14-12-42)30-21-15-23(32(34,35)36)26(20-5-6-24(33)22-16-37-40(3)27(20)22)29-28(21)44(31(46)38-30)19(18-47-29)17-41-9-7-39(2)8-10-41/h4-6,15-16,19H,1,7-14,17-18H2,2-3H3. The van der Waals surface area contributed by atoms with E-state index in [1.54, 1.807) is 21.4 Å². The van der Waals surface area contributed by atoms with Crippen molar-refractivity contribution in [2.24, 2.45) is 7.05 Å². The Morgan fingerprint density at radius 2 is 1.77 bits per heavy atom. The first-order valence-electron chi connectivity index (χ1n) is 15.5. The van der Waals surface area contributed by atoms with Crippen molar-refractivity contribution < 1.29 is 22.4 Å². The molecule has 1 amide bonds. The maximum absolute atomic E-state index is 15.2. The summed E-state index contributed by atoms with van der Waals surface area (Å²) in [6.07, 6.45) is -2.25. The second-order valence-corrected chi connectivity index (χ2v) is 13.4. The first kappa shape index (κ1) is 31.6. The summed E-state index contributed by atoms with van der Waals surface area (Å²) in [4.78, 5) is 39.0. The van der Waals surface area contributed by atoms with Gasteiger partial charge in [-0.1, -0.05) is 6.58 Å². The van der Waals surface area contributed by atoms with Gasteiger partial charge in [0.15, 0.2) is 0 Å². The van der Waals surface area contributed by atoms with Gasteiger partial charge in [-0.05, 0) is 31.3 Å². The minimum atomic E-state index is -4.79. The molecule has 248 valence electrons. The van der Waals surface area contributed by atoms with Crippen LogP contribution in [0.3, 0.4) is 0 Å². The fourth-order valence-corrected chi connectivity index (χ4v) is 8.34. The number of alkyl halides is 3. The number of halogens is 4. The SMILES string of the molecule is C=CC(=O)N1CCN(c2nc(=O)n3c4c(c(-c5ccc(F)c6cnn(C)c56)c(C(F)(F)F)cc24)SCC3CN2CCN(C)CC2)CC1. The Morgan fingerprint density at radius 1 is 1.04 bits per heavy atom. The highest BCUT2D eigenvalue weighted by Crippen LogP contribution is 2.51. The molecule has 15 heteroatoms. The fraction of sp³-hybridized carbons (Fsp3) is 0.438. The average Bonchev–Trinajstić information content (AvgIpc) is 3.45. The maximum atomic E-state index is 15.2. The molecule has 2 aromatic heterocycles. The molecule has 1 atom stereocenters. The van der Waals surface area contributed by atoms with E-state index >= 15 is 13.2 Å². The Bertz CT molecular complexity index is 1960. The zero-order chi connectivity index (χ0) is 33.2. The number of benzene rings is 2. The molecule has 1 unspecified atom stereocenters. The number of amides is 1. The van der Waals surface area contributed by atoms with E-state index in [-0.39, 0.29) is 58.3 Å². The number of fused-ring (bicyclic) bond motifs is 1. The lowest BCUT2D eigenvalue weighted by atomic mass is 9.94. The van der Waals surface area contributed by atoms with Crippen molar-refractivity contribution in [1.82, 2.24) is 34.0 Å². The van der Waals surface area contributed by atoms with Gasteiger partial charge in [0.25, 0.3) is 0 Å². The number of hydrogen-bond acceptors (Lipinski definition) is 8. The van der Waals surface area contributed by atoms with Crippen molar-refractivity contribution >= 4 is 45.3 Å². The zero-order valence-corrected chi connectivity index (χ0v) is 26.9.